The van der Waals surface area contributed by atoms with Crippen molar-refractivity contribution in [2.45, 2.75) is 177 Å². The van der Waals surface area contributed by atoms with Crippen LogP contribution in [0.5, 0.6) is 0 Å². The lowest BCUT2D eigenvalue weighted by molar-refractivity contribution is -0.139. The van der Waals surface area contributed by atoms with Gasteiger partial charge < -0.3 is 50.0 Å². The summed E-state index contributed by atoms with van der Waals surface area (Å²) >= 11 is 0. The molecule has 0 saturated carbocycles. The highest BCUT2D eigenvalue weighted by atomic mass is 28.6. The maximum atomic E-state index is 12.4. The predicted octanol–water partition coefficient (Wildman–Crippen LogP) is 9.88. The predicted molar refractivity (Wildman–Crippen MR) is 258 cm³/mol. The van der Waals surface area contributed by atoms with Gasteiger partial charge in [0, 0.05) is 11.6 Å². The first-order valence-corrected chi connectivity index (χ1v) is 53.6. The van der Waals surface area contributed by atoms with Gasteiger partial charge in [-0.1, -0.05) is 6.58 Å². The Bertz CT molecular complexity index is 1190. The Labute approximate surface area is 356 Å². The number of hydrogen-bond donors (Lipinski definition) is 0. The number of hydrogen-bond acceptors (Lipinski definition) is 13. The van der Waals surface area contributed by atoms with Crippen molar-refractivity contribution in [1.82, 2.24) is 0 Å². The first-order valence-electron chi connectivity index (χ1n) is 19.7. The van der Waals surface area contributed by atoms with Crippen LogP contribution in [0.15, 0.2) is 12.2 Å². The van der Waals surface area contributed by atoms with Crippen molar-refractivity contribution in [3.8, 4) is 0 Å². The third kappa shape index (κ3) is 28.1. The molecule has 0 saturated heterocycles. The molecular formula is C31H84O13Si12. The fourth-order valence-electron chi connectivity index (χ4n) is 4.60. The molecule has 0 aliphatic rings. The second kappa shape index (κ2) is 20.7. The molecule has 0 aliphatic heterocycles. The van der Waals surface area contributed by atoms with Gasteiger partial charge in [0.25, 0.3) is 0 Å². The molecule has 0 atom stereocenters. The lowest BCUT2D eigenvalue weighted by Gasteiger charge is -2.49. The second-order valence-corrected chi connectivity index (χ2v) is 69.7. The molecule has 0 radical (unpaired) electrons. The minimum atomic E-state index is -4.50. The summed E-state index contributed by atoms with van der Waals surface area (Å²) < 4.78 is 84.7. The van der Waals surface area contributed by atoms with E-state index in [1.165, 1.54) is 0 Å². The van der Waals surface area contributed by atoms with Crippen LogP contribution in [0.3, 0.4) is 0 Å². The van der Waals surface area contributed by atoms with E-state index in [-0.39, 0.29) is 6.61 Å². The SMILES string of the molecule is C=C(C)C(=O)OCCC[Si](O[Si](C)(C)C)(O[Si](C)(C)C)O[Si](O[Si](C)(C)C)(O[Si](C)(C)C)O[Si](O[SiH](O[Si](C)(C)C)O[Si](C)(C)C)(O[Si](C)(C)C)O[Si](C)(C)C. The van der Waals surface area contributed by atoms with Crippen molar-refractivity contribution in [3.05, 3.63) is 12.2 Å². The highest BCUT2D eigenvalue weighted by Gasteiger charge is 2.68. The van der Waals surface area contributed by atoms with E-state index in [0.717, 1.165) is 0 Å². The Morgan fingerprint density at radius 2 is 0.750 bits per heavy atom. The number of carbonyl (C=O) groups is 1. The highest BCUT2D eigenvalue weighted by molar-refractivity contribution is 6.95. The van der Waals surface area contributed by atoms with Crippen LogP contribution in [0, 0.1) is 0 Å². The molecule has 0 N–H and O–H groups in total. The van der Waals surface area contributed by atoms with Gasteiger partial charge in [0.2, 0.25) is 0 Å². The maximum Gasteiger partial charge on any atom is 0.645 e. The van der Waals surface area contributed by atoms with Gasteiger partial charge in [0.05, 0.1) is 6.61 Å². The normalized spacial score (nSPS) is 15.1. The molecule has 0 bridgehead atoms. The molecule has 0 aromatic carbocycles. The van der Waals surface area contributed by atoms with E-state index in [2.05, 4.69) is 164 Å². The summed E-state index contributed by atoms with van der Waals surface area (Å²) in [4.78, 5) is 12.4. The molecule has 0 heterocycles. The van der Waals surface area contributed by atoms with Gasteiger partial charge in [0.1, 0.15) is 0 Å². The van der Waals surface area contributed by atoms with Crippen molar-refractivity contribution >= 4 is 109 Å². The summed E-state index contributed by atoms with van der Waals surface area (Å²) in [6.45, 7) is 55.8. The number of carbonyl (C=O) groups excluding carboxylic acids is 1. The first kappa shape index (κ1) is 57.4. The molecule has 25 heteroatoms. The second-order valence-electron chi connectivity index (χ2n) is 22.1. The monoisotopic (exact) mass is 1000 g/mol. The number of rotatable bonds is 27. The average molecular weight is 1000 g/mol. The summed E-state index contributed by atoms with van der Waals surface area (Å²) in [5, 5.41) is 0. The molecular weight excluding hydrogens is 917 g/mol. The topological polar surface area (TPSA) is 128 Å². The molecule has 13 nitrogen and oxygen atoms in total. The van der Waals surface area contributed by atoms with Crippen LogP contribution in [-0.4, -0.2) is 116 Å². The van der Waals surface area contributed by atoms with Crippen LogP contribution in [-0.2, 0) is 54.8 Å². The summed E-state index contributed by atoms with van der Waals surface area (Å²) in [5.74, 6) is -0.452. The maximum absolute atomic E-state index is 12.4. The molecule has 0 unspecified atom stereocenters. The van der Waals surface area contributed by atoms with Crippen molar-refractivity contribution in [2.75, 3.05) is 6.61 Å². The lowest BCUT2D eigenvalue weighted by atomic mass is 10.4. The largest absolute Gasteiger partial charge is 0.645 e. The van der Waals surface area contributed by atoms with Crippen LogP contribution < -0.4 is 0 Å². The third-order valence-corrected chi connectivity index (χ3v) is 41.0. The summed E-state index contributed by atoms with van der Waals surface area (Å²) in [6, 6.07) is 0.321. The fourth-order valence-corrected chi connectivity index (χ4v) is 44.4. The van der Waals surface area contributed by atoms with Gasteiger partial charge in [-0.25, -0.2) is 4.79 Å². The van der Waals surface area contributed by atoms with Gasteiger partial charge in [-0.3, -0.25) is 0 Å². The number of esters is 1. The molecule has 0 amide bonds. The quantitative estimate of drug-likeness (QED) is 0.0336. The van der Waals surface area contributed by atoms with Crippen molar-refractivity contribution < 1.29 is 54.8 Å². The van der Waals surface area contributed by atoms with Crippen LogP contribution in [0.4, 0.5) is 0 Å². The van der Waals surface area contributed by atoms with Crippen LogP contribution >= 0.6 is 0 Å². The van der Waals surface area contributed by atoms with Gasteiger partial charge in [-0.2, -0.15) is 0 Å². The Hall–Kier alpha value is 1.37. The van der Waals surface area contributed by atoms with E-state index in [1.54, 1.807) is 6.92 Å². The van der Waals surface area contributed by atoms with Gasteiger partial charge in [-0.15, -0.1) is 0 Å². The van der Waals surface area contributed by atoms with E-state index >= 15 is 0 Å². The third-order valence-electron chi connectivity index (χ3n) is 5.53. The Balaban J connectivity index is 8.45. The molecule has 0 rings (SSSR count). The summed E-state index contributed by atoms with van der Waals surface area (Å²) in [5.41, 5.74) is 0.331. The van der Waals surface area contributed by atoms with Crippen LogP contribution in [0.25, 0.3) is 0 Å². The van der Waals surface area contributed by atoms with E-state index < -0.39 is 109 Å². The van der Waals surface area contributed by atoms with E-state index in [0.29, 0.717) is 18.0 Å². The molecule has 56 heavy (non-hydrogen) atoms. The van der Waals surface area contributed by atoms with Gasteiger partial charge in [-0.05, 0) is 170 Å². The fraction of sp³-hybridized carbons (Fsp3) is 0.903. The molecule has 0 spiro atoms. The van der Waals surface area contributed by atoms with Crippen molar-refractivity contribution in [2.24, 2.45) is 0 Å². The van der Waals surface area contributed by atoms with E-state index in [9.17, 15) is 4.79 Å². The van der Waals surface area contributed by atoms with E-state index in [4.69, 9.17) is 50.0 Å². The van der Waals surface area contributed by atoms with Crippen molar-refractivity contribution in [3.63, 3.8) is 0 Å². The summed E-state index contributed by atoms with van der Waals surface area (Å²) in [6.07, 6.45) is 0.406. The Kier molecular flexibility index (Phi) is 21.2. The number of ether oxygens (including phenoxy) is 1. The molecule has 0 fully saturated rings. The molecule has 334 valence electrons. The molecule has 0 aromatic heterocycles. The minimum absolute atomic E-state index is 0.127. The van der Waals surface area contributed by atoms with Gasteiger partial charge >= 0.3 is 42.4 Å². The highest BCUT2D eigenvalue weighted by Crippen LogP contribution is 2.38. The van der Waals surface area contributed by atoms with Gasteiger partial charge in [0.15, 0.2) is 66.5 Å². The zero-order chi connectivity index (χ0) is 44.8. The minimum Gasteiger partial charge on any atom is -0.462 e. The zero-order valence-electron chi connectivity index (χ0n) is 40.2. The first-order chi connectivity index (χ1) is 24.3. The van der Waals surface area contributed by atoms with Crippen LogP contribution in [0.1, 0.15) is 13.3 Å². The Morgan fingerprint density at radius 3 is 1.04 bits per heavy atom. The Morgan fingerprint density at radius 1 is 0.429 bits per heavy atom. The molecule has 0 aromatic rings. The van der Waals surface area contributed by atoms with E-state index in [1.807, 2.05) is 0 Å². The summed E-state index contributed by atoms with van der Waals surface area (Å²) in [7, 11) is -35.3. The van der Waals surface area contributed by atoms with Crippen LogP contribution in [0.2, 0.25) is 163 Å². The standard InChI is InChI=1S/C31H84O13Si12/c1-30(2)31(32)33-28-27-29-54(37-48(9,10)11,38-49(12,13)14)43-56(41-52(21,22)23,42-53(24,25)26)44-55(39-50(15,16)17,40-51(18,19)20)36-45(34-46(3,4)5)35-47(6,7)8/h45H,1,27-29H2,2-26H3. The van der Waals surface area contributed by atoms with Crippen molar-refractivity contribution in [1.29, 1.82) is 0 Å². The average Bonchev–Trinajstić information content (AvgIpc) is 2.76. The molecule has 0 aliphatic carbocycles. The zero-order valence-corrected chi connectivity index (χ0v) is 52.4. The smallest absolute Gasteiger partial charge is 0.462 e. The lowest BCUT2D eigenvalue weighted by Crippen LogP contribution is -2.74.